The van der Waals surface area contributed by atoms with E-state index in [1.54, 1.807) is 12.1 Å². The molecular weight excluding hydrogens is 290 g/mol. The minimum atomic E-state index is -1.11. The maximum atomic E-state index is 10.3. The van der Waals surface area contributed by atoms with E-state index in [1.165, 1.54) is 29.0 Å². The third-order valence-electron chi connectivity index (χ3n) is 3.64. The maximum Gasteiger partial charge on any atom is 0.339 e. The molecule has 0 fully saturated rings. The number of aliphatic imine (C=N–C) groups is 1. The Morgan fingerprint density at radius 1 is 1.09 bits per heavy atom. The van der Waals surface area contributed by atoms with Crippen LogP contribution in [0, 0.1) is 0 Å². The van der Waals surface area contributed by atoms with Gasteiger partial charge in [0.1, 0.15) is 11.3 Å². The minimum Gasteiger partial charge on any atom is -0.507 e. The van der Waals surface area contributed by atoms with Gasteiger partial charge in [-0.2, -0.15) is 0 Å². The van der Waals surface area contributed by atoms with Crippen molar-refractivity contribution < 1.29 is 15.0 Å². The van der Waals surface area contributed by atoms with Crippen LogP contribution in [-0.4, -0.2) is 27.4 Å². The van der Waals surface area contributed by atoms with Gasteiger partial charge in [0, 0.05) is 5.71 Å². The summed E-state index contributed by atoms with van der Waals surface area (Å²) in [4.78, 5) is 14.9. The van der Waals surface area contributed by atoms with Gasteiger partial charge in [-0.1, -0.05) is 36.4 Å². The first-order valence-corrected chi connectivity index (χ1v) is 7.46. The molecule has 0 unspecified atom stereocenters. The first-order valence-electron chi connectivity index (χ1n) is 7.46. The van der Waals surface area contributed by atoms with Crippen molar-refractivity contribution in [1.29, 1.82) is 0 Å². The number of carboxylic acids is 1. The van der Waals surface area contributed by atoms with Gasteiger partial charge in [-0.25, -0.2) is 4.79 Å². The number of para-hydroxylation sites is 1. The van der Waals surface area contributed by atoms with Crippen LogP contribution in [0.3, 0.4) is 0 Å². The van der Waals surface area contributed by atoms with Crippen LogP contribution in [0.15, 0.2) is 53.5 Å². The van der Waals surface area contributed by atoms with E-state index in [1.807, 2.05) is 0 Å². The lowest BCUT2D eigenvalue weighted by Gasteiger charge is -2.27. The molecule has 120 valence electrons. The second kappa shape index (κ2) is 6.65. The third kappa shape index (κ3) is 4.19. The fourth-order valence-electron chi connectivity index (χ4n) is 2.70. The number of fused-ring (bicyclic) bond motifs is 1. The first-order chi connectivity index (χ1) is 10.8. The van der Waals surface area contributed by atoms with Gasteiger partial charge in [-0.15, -0.1) is 0 Å². The van der Waals surface area contributed by atoms with Gasteiger partial charge < -0.3 is 10.2 Å². The highest BCUT2D eigenvalue weighted by Gasteiger charge is 2.23. The number of benzene rings is 2. The molecule has 1 aliphatic rings. The van der Waals surface area contributed by atoms with Gasteiger partial charge in [-0.3, -0.25) is 4.99 Å². The van der Waals surface area contributed by atoms with Gasteiger partial charge in [0.15, 0.2) is 0 Å². The Labute approximate surface area is 136 Å². The zero-order valence-corrected chi connectivity index (χ0v) is 13.6. The number of nitrogens with zero attached hydrogens (tertiary/aromatic N) is 1. The predicted octanol–water partition coefficient (Wildman–Crippen LogP) is 3.92. The zero-order valence-electron chi connectivity index (χ0n) is 13.6. The lowest BCUT2D eigenvalue weighted by Crippen LogP contribution is -2.27. The summed E-state index contributed by atoms with van der Waals surface area (Å²) in [5, 5.41) is 17.3. The highest BCUT2D eigenvalue weighted by Crippen LogP contribution is 2.26. The van der Waals surface area contributed by atoms with Crippen LogP contribution in [0.2, 0.25) is 0 Å². The molecular formula is C19H21NO3. The summed E-state index contributed by atoms with van der Waals surface area (Å²) in [6, 6.07) is 14.4. The monoisotopic (exact) mass is 311 g/mol. The number of hydrogen-bond acceptors (Lipinski definition) is 3. The molecule has 0 aromatic heterocycles. The van der Waals surface area contributed by atoms with Crippen molar-refractivity contribution in [2.45, 2.75) is 32.7 Å². The standard InChI is InChI=1S/C12H15N.C7H6O3/c1-9-11-7-5-4-6-10(11)8-12(2,3)13-9;8-6-4-2-1-3-5(6)7(9)10/h4-7H,8H2,1-3H3;1-4,8H,(H,9,10). The highest BCUT2D eigenvalue weighted by molar-refractivity contribution is 6.01. The van der Waals surface area contributed by atoms with Crippen LogP contribution in [0.1, 0.15) is 42.3 Å². The average molecular weight is 311 g/mol. The lowest BCUT2D eigenvalue weighted by atomic mass is 9.87. The molecule has 2 aromatic rings. The molecule has 0 bridgehead atoms. The molecule has 0 saturated heterocycles. The fourth-order valence-corrected chi connectivity index (χ4v) is 2.70. The molecule has 0 saturated carbocycles. The normalized spacial score (nSPS) is 14.8. The molecule has 1 heterocycles. The summed E-state index contributed by atoms with van der Waals surface area (Å²) in [6.45, 7) is 6.47. The molecule has 2 aromatic carbocycles. The summed E-state index contributed by atoms with van der Waals surface area (Å²) < 4.78 is 0. The Morgan fingerprint density at radius 3 is 2.30 bits per heavy atom. The smallest absolute Gasteiger partial charge is 0.339 e. The highest BCUT2D eigenvalue weighted by atomic mass is 16.4. The summed E-state index contributed by atoms with van der Waals surface area (Å²) in [5.41, 5.74) is 3.94. The maximum absolute atomic E-state index is 10.3. The van der Waals surface area contributed by atoms with Crippen molar-refractivity contribution in [3.63, 3.8) is 0 Å². The topological polar surface area (TPSA) is 69.9 Å². The number of carbonyl (C=O) groups is 1. The SMILES string of the molecule is CC1=NC(C)(C)Cc2ccccc21.O=C(O)c1ccccc1O. The second-order valence-corrected chi connectivity index (χ2v) is 6.17. The van der Waals surface area contributed by atoms with Crippen molar-refractivity contribution in [2.24, 2.45) is 4.99 Å². The van der Waals surface area contributed by atoms with Crippen molar-refractivity contribution in [1.82, 2.24) is 0 Å². The van der Waals surface area contributed by atoms with Crippen LogP contribution in [-0.2, 0) is 6.42 Å². The molecule has 4 heteroatoms. The van der Waals surface area contributed by atoms with Gasteiger partial charge in [0.05, 0.1) is 5.54 Å². The Balaban J connectivity index is 0.000000174. The second-order valence-electron chi connectivity index (χ2n) is 6.17. The first kappa shape index (κ1) is 16.7. The molecule has 23 heavy (non-hydrogen) atoms. The zero-order chi connectivity index (χ0) is 17.0. The van der Waals surface area contributed by atoms with Gasteiger partial charge in [-0.05, 0) is 50.5 Å². The van der Waals surface area contributed by atoms with Gasteiger partial charge in [0.2, 0.25) is 0 Å². The number of phenols is 1. The quantitative estimate of drug-likeness (QED) is 0.838. The molecule has 3 rings (SSSR count). The third-order valence-corrected chi connectivity index (χ3v) is 3.64. The lowest BCUT2D eigenvalue weighted by molar-refractivity contribution is 0.0693. The molecule has 1 aliphatic heterocycles. The summed E-state index contributed by atoms with van der Waals surface area (Å²) in [7, 11) is 0. The van der Waals surface area contributed by atoms with E-state index < -0.39 is 5.97 Å². The molecule has 0 aliphatic carbocycles. The van der Waals surface area contributed by atoms with Crippen LogP contribution in [0.25, 0.3) is 0 Å². The van der Waals surface area contributed by atoms with Crippen molar-refractivity contribution in [2.75, 3.05) is 0 Å². The molecule has 0 amide bonds. The Bertz CT molecular complexity index is 748. The number of aromatic hydroxyl groups is 1. The summed E-state index contributed by atoms with van der Waals surface area (Å²) in [5.74, 6) is -1.31. The number of hydrogen-bond donors (Lipinski definition) is 2. The van der Waals surface area contributed by atoms with E-state index in [0.29, 0.717) is 0 Å². The van der Waals surface area contributed by atoms with Crippen LogP contribution >= 0.6 is 0 Å². The molecule has 2 N–H and O–H groups in total. The van der Waals surface area contributed by atoms with Crippen LogP contribution < -0.4 is 0 Å². The van der Waals surface area contributed by atoms with E-state index in [0.717, 1.165) is 6.42 Å². The largest absolute Gasteiger partial charge is 0.507 e. The Morgan fingerprint density at radius 2 is 1.70 bits per heavy atom. The van der Waals surface area contributed by atoms with Crippen LogP contribution in [0.4, 0.5) is 0 Å². The Kier molecular flexibility index (Phi) is 4.84. The molecule has 4 nitrogen and oxygen atoms in total. The van der Waals surface area contributed by atoms with E-state index >= 15 is 0 Å². The van der Waals surface area contributed by atoms with E-state index in [9.17, 15) is 4.79 Å². The van der Waals surface area contributed by atoms with Crippen molar-refractivity contribution in [3.8, 4) is 5.75 Å². The summed E-state index contributed by atoms with van der Waals surface area (Å²) >= 11 is 0. The van der Waals surface area contributed by atoms with E-state index in [2.05, 4.69) is 50.0 Å². The van der Waals surface area contributed by atoms with Crippen molar-refractivity contribution >= 4 is 11.7 Å². The van der Waals surface area contributed by atoms with Crippen LogP contribution in [0.5, 0.6) is 5.75 Å². The van der Waals surface area contributed by atoms with E-state index in [4.69, 9.17) is 10.2 Å². The van der Waals surface area contributed by atoms with Gasteiger partial charge in [0.25, 0.3) is 0 Å². The number of carboxylic acid groups (broad SMARTS) is 1. The number of rotatable bonds is 1. The Hall–Kier alpha value is -2.62. The van der Waals surface area contributed by atoms with E-state index in [-0.39, 0.29) is 16.9 Å². The average Bonchev–Trinajstić information content (AvgIpc) is 2.47. The van der Waals surface area contributed by atoms with Gasteiger partial charge >= 0.3 is 5.97 Å². The fraction of sp³-hybridized carbons (Fsp3) is 0.263. The van der Waals surface area contributed by atoms with Crippen molar-refractivity contribution in [3.05, 3.63) is 65.2 Å². The molecule has 0 spiro atoms. The predicted molar refractivity (Wildman–Crippen MR) is 91.5 cm³/mol. The molecule has 0 atom stereocenters. The number of aromatic carboxylic acids is 1. The summed E-state index contributed by atoms with van der Waals surface area (Å²) in [6.07, 6.45) is 1.06. The minimum absolute atomic E-state index is 0.0671. The molecule has 0 radical (unpaired) electrons.